The molecule has 2 aromatic rings. The third-order valence-corrected chi connectivity index (χ3v) is 3.40. The van der Waals surface area contributed by atoms with Crippen molar-refractivity contribution in [3.63, 3.8) is 0 Å². The van der Waals surface area contributed by atoms with Crippen molar-refractivity contribution in [2.75, 3.05) is 5.32 Å². The SMILES string of the molecule is Cn1cnnc1-c1ccc(NC2CC(N)C2)cc1. The van der Waals surface area contributed by atoms with Crippen molar-refractivity contribution in [2.45, 2.75) is 24.9 Å². The van der Waals surface area contributed by atoms with E-state index >= 15 is 0 Å². The average molecular weight is 243 g/mol. The maximum absolute atomic E-state index is 5.77. The highest BCUT2D eigenvalue weighted by Crippen LogP contribution is 2.24. The number of aryl methyl sites for hydroxylation is 1. The zero-order valence-electron chi connectivity index (χ0n) is 10.4. The first-order chi connectivity index (χ1) is 8.72. The molecule has 0 unspecified atom stereocenters. The van der Waals surface area contributed by atoms with Crippen molar-refractivity contribution in [2.24, 2.45) is 12.8 Å². The van der Waals surface area contributed by atoms with Gasteiger partial charge in [0.15, 0.2) is 5.82 Å². The summed E-state index contributed by atoms with van der Waals surface area (Å²) in [7, 11) is 1.94. The summed E-state index contributed by atoms with van der Waals surface area (Å²) in [6, 6.07) is 9.18. The van der Waals surface area contributed by atoms with Crippen LogP contribution in [0.5, 0.6) is 0 Å². The van der Waals surface area contributed by atoms with E-state index in [1.165, 1.54) is 0 Å². The first kappa shape index (κ1) is 11.2. The number of benzene rings is 1. The summed E-state index contributed by atoms with van der Waals surface area (Å²) in [6.07, 6.45) is 3.83. The second-order valence-corrected chi connectivity index (χ2v) is 4.92. The smallest absolute Gasteiger partial charge is 0.163 e. The molecule has 1 saturated carbocycles. The van der Waals surface area contributed by atoms with Crippen LogP contribution in [0, 0.1) is 0 Å². The summed E-state index contributed by atoms with van der Waals surface area (Å²) in [5.74, 6) is 0.882. The maximum atomic E-state index is 5.77. The minimum atomic E-state index is 0.375. The van der Waals surface area contributed by atoms with Gasteiger partial charge in [-0.25, -0.2) is 0 Å². The molecule has 1 aliphatic carbocycles. The Bertz CT molecular complexity index is 525. The number of rotatable bonds is 3. The van der Waals surface area contributed by atoms with Crippen LogP contribution < -0.4 is 11.1 Å². The van der Waals surface area contributed by atoms with Gasteiger partial charge in [0.1, 0.15) is 6.33 Å². The molecular formula is C13H17N5. The van der Waals surface area contributed by atoms with Gasteiger partial charge < -0.3 is 15.6 Å². The number of hydrogen-bond donors (Lipinski definition) is 2. The molecule has 1 fully saturated rings. The summed E-state index contributed by atoms with van der Waals surface area (Å²) < 4.78 is 1.91. The fourth-order valence-electron chi connectivity index (χ4n) is 2.28. The topological polar surface area (TPSA) is 68.8 Å². The zero-order chi connectivity index (χ0) is 12.5. The van der Waals surface area contributed by atoms with Gasteiger partial charge in [-0.15, -0.1) is 10.2 Å². The van der Waals surface area contributed by atoms with Crippen LogP contribution in [0.25, 0.3) is 11.4 Å². The van der Waals surface area contributed by atoms with Crippen molar-refractivity contribution in [1.29, 1.82) is 0 Å². The molecule has 0 atom stereocenters. The van der Waals surface area contributed by atoms with Crippen molar-refractivity contribution in [3.8, 4) is 11.4 Å². The quantitative estimate of drug-likeness (QED) is 0.854. The number of nitrogens with one attached hydrogen (secondary N) is 1. The Labute approximate surface area is 106 Å². The molecule has 0 bridgehead atoms. The Morgan fingerprint density at radius 3 is 2.56 bits per heavy atom. The Hall–Kier alpha value is -1.88. The second-order valence-electron chi connectivity index (χ2n) is 4.92. The molecule has 1 aromatic heterocycles. The fourth-order valence-corrected chi connectivity index (χ4v) is 2.28. The molecule has 94 valence electrons. The van der Waals surface area contributed by atoms with E-state index in [1.807, 2.05) is 11.6 Å². The minimum Gasteiger partial charge on any atom is -0.382 e. The lowest BCUT2D eigenvalue weighted by Crippen LogP contribution is -2.44. The largest absolute Gasteiger partial charge is 0.382 e. The first-order valence-electron chi connectivity index (χ1n) is 6.19. The van der Waals surface area contributed by atoms with Crippen LogP contribution in [0.2, 0.25) is 0 Å². The number of nitrogens with zero attached hydrogens (tertiary/aromatic N) is 3. The molecule has 0 aliphatic heterocycles. The second kappa shape index (κ2) is 4.42. The van der Waals surface area contributed by atoms with Gasteiger partial charge in [0.2, 0.25) is 0 Å². The van der Waals surface area contributed by atoms with Crippen LogP contribution in [0.4, 0.5) is 5.69 Å². The molecule has 3 N–H and O–H groups in total. The van der Waals surface area contributed by atoms with E-state index in [0.717, 1.165) is 29.9 Å². The van der Waals surface area contributed by atoms with Gasteiger partial charge in [-0.1, -0.05) is 0 Å². The molecule has 5 heteroatoms. The molecule has 18 heavy (non-hydrogen) atoms. The maximum Gasteiger partial charge on any atom is 0.163 e. The van der Waals surface area contributed by atoms with E-state index in [0.29, 0.717) is 12.1 Å². The standard InChI is InChI=1S/C13H17N5/c1-18-8-15-17-13(18)9-2-4-11(5-3-9)16-12-6-10(14)7-12/h2-5,8,10,12,16H,6-7,14H2,1H3. The predicted octanol–water partition coefficient (Wildman–Crippen LogP) is 1.38. The van der Waals surface area contributed by atoms with E-state index in [-0.39, 0.29) is 0 Å². The van der Waals surface area contributed by atoms with E-state index in [4.69, 9.17) is 5.73 Å². The number of anilines is 1. The van der Waals surface area contributed by atoms with Crippen LogP contribution in [-0.2, 0) is 7.05 Å². The van der Waals surface area contributed by atoms with Crippen LogP contribution in [0.3, 0.4) is 0 Å². The Kier molecular flexibility index (Phi) is 2.76. The molecular weight excluding hydrogens is 226 g/mol. The molecule has 0 saturated heterocycles. The van der Waals surface area contributed by atoms with Crippen LogP contribution in [0.1, 0.15) is 12.8 Å². The predicted molar refractivity (Wildman–Crippen MR) is 71.1 cm³/mol. The lowest BCUT2D eigenvalue weighted by Gasteiger charge is -2.33. The third kappa shape index (κ3) is 2.09. The zero-order valence-corrected chi connectivity index (χ0v) is 10.4. The summed E-state index contributed by atoms with van der Waals surface area (Å²) in [5.41, 5.74) is 7.98. The average Bonchev–Trinajstić information content (AvgIpc) is 2.75. The Morgan fingerprint density at radius 1 is 1.28 bits per heavy atom. The van der Waals surface area contributed by atoms with Crippen molar-refractivity contribution < 1.29 is 0 Å². The summed E-state index contributed by atoms with van der Waals surface area (Å²) >= 11 is 0. The normalized spacial score (nSPS) is 22.6. The Morgan fingerprint density at radius 2 is 2.00 bits per heavy atom. The summed E-state index contributed by atoms with van der Waals surface area (Å²) in [6.45, 7) is 0. The molecule has 1 aliphatic rings. The summed E-state index contributed by atoms with van der Waals surface area (Å²) in [4.78, 5) is 0. The van der Waals surface area contributed by atoms with Gasteiger partial charge in [-0.05, 0) is 37.1 Å². The third-order valence-electron chi connectivity index (χ3n) is 3.40. The number of nitrogens with two attached hydrogens (primary N) is 1. The van der Waals surface area contributed by atoms with E-state index in [9.17, 15) is 0 Å². The van der Waals surface area contributed by atoms with Crippen LogP contribution >= 0.6 is 0 Å². The van der Waals surface area contributed by atoms with E-state index < -0.39 is 0 Å². The number of hydrogen-bond acceptors (Lipinski definition) is 4. The van der Waals surface area contributed by atoms with Crippen molar-refractivity contribution in [3.05, 3.63) is 30.6 Å². The molecule has 1 heterocycles. The highest BCUT2D eigenvalue weighted by Gasteiger charge is 2.25. The molecule has 3 rings (SSSR count). The van der Waals surface area contributed by atoms with Crippen LogP contribution in [0.15, 0.2) is 30.6 Å². The first-order valence-corrected chi connectivity index (χ1v) is 6.19. The molecule has 0 radical (unpaired) electrons. The van der Waals surface area contributed by atoms with Gasteiger partial charge in [0.25, 0.3) is 0 Å². The highest BCUT2D eigenvalue weighted by atomic mass is 15.2. The van der Waals surface area contributed by atoms with Gasteiger partial charge in [-0.3, -0.25) is 0 Å². The lowest BCUT2D eigenvalue weighted by atomic mass is 9.87. The van der Waals surface area contributed by atoms with Crippen molar-refractivity contribution >= 4 is 5.69 Å². The molecule has 5 nitrogen and oxygen atoms in total. The van der Waals surface area contributed by atoms with Crippen LogP contribution in [-0.4, -0.2) is 26.8 Å². The fraction of sp³-hybridized carbons (Fsp3) is 0.385. The number of aromatic nitrogens is 3. The molecule has 1 aromatic carbocycles. The van der Waals surface area contributed by atoms with Gasteiger partial charge in [0.05, 0.1) is 0 Å². The van der Waals surface area contributed by atoms with E-state index in [2.05, 4.69) is 39.8 Å². The van der Waals surface area contributed by atoms with E-state index in [1.54, 1.807) is 6.33 Å². The minimum absolute atomic E-state index is 0.375. The Balaban J connectivity index is 1.71. The molecule has 0 spiro atoms. The monoisotopic (exact) mass is 243 g/mol. The highest BCUT2D eigenvalue weighted by molar-refractivity contribution is 5.60. The van der Waals surface area contributed by atoms with Gasteiger partial charge >= 0.3 is 0 Å². The lowest BCUT2D eigenvalue weighted by molar-refractivity contribution is 0.374. The van der Waals surface area contributed by atoms with Gasteiger partial charge in [0, 0.05) is 30.4 Å². The van der Waals surface area contributed by atoms with Crippen molar-refractivity contribution in [1.82, 2.24) is 14.8 Å². The summed E-state index contributed by atoms with van der Waals surface area (Å²) in [5, 5.41) is 11.4. The van der Waals surface area contributed by atoms with Gasteiger partial charge in [-0.2, -0.15) is 0 Å². The molecule has 0 amide bonds.